The molecule has 0 aliphatic rings. The van der Waals surface area contributed by atoms with Crippen LogP contribution in [0.4, 0.5) is 5.69 Å². The molecule has 1 rings (SSSR count). The zero-order chi connectivity index (χ0) is 14.5. The number of rotatable bonds is 4. The van der Waals surface area contributed by atoms with Gasteiger partial charge in [0.1, 0.15) is 12.4 Å². The predicted octanol–water partition coefficient (Wildman–Crippen LogP) is 0.257. The second kappa shape index (κ2) is 6.43. The molecule has 0 spiro atoms. The Kier molecular flexibility index (Phi) is 5.18. The molecule has 0 fully saturated rings. The molecule has 0 bridgehead atoms. The van der Waals surface area contributed by atoms with Crippen LogP contribution in [0.2, 0.25) is 0 Å². The highest BCUT2D eigenvalue weighted by Gasteiger charge is 2.15. The highest BCUT2D eigenvalue weighted by atomic mass is 32.2. The molecule has 0 heterocycles. The third-order valence-corrected chi connectivity index (χ3v) is 3.67. The van der Waals surface area contributed by atoms with Gasteiger partial charge in [0, 0.05) is 19.7 Å². The summed E-state index contributed by atoms with van der Waals surface area (Å²) < 4.78 is 32.1. The fraction of sp³-hybridized carbons (Fsp3) is 0.333. The Bertz CT molecular complexity index is 600. The first-order valence-corrected chi connectivity index (χ1v) is 6.82. The monoisotopic (exact) mass is 284 g/mol. The van der Waals surface area contributed by atoms with Crippen LogP contribution in [0.1, 0.15) is 5.56 Å². The van der Waals surface area contributed by atoms with Gasteiger partial charge in [0.2, 0.25) is 0 Å². The Morgan fingerprint density at radius 3 is 2.63 bits per heavy atom. The van der Waals surface area contributed by atoms with Crippen LogP contribution < -0.4 is 9.46 Å². The quantitative estimate of drug-likeness (QED) is 0.777. The lowest BCUT2D eigenvalue weighted by Gasteiger charge is -2.15. The highest BCUT2D eigenvalue weighted by Crippen LogP contribution is 2.26. The topological polar surface area (TPSA) is 78.9 Å². The number of benzene rings is 1. The molecule has 0 aromatic heterocycles. The first-order valence-electron chi connectivity index (χ1n) is 5.38. The van der Waals surface area contributed by atoms with Gasteiger partial charge in [0.15, 0.2) is 0 Å². The standard InChI is InChI=1S/C12H16N2O4S/c1-14(2)19(16,17)13-11-9-10(5-4-8-15)6-7-12(11)18-3/h6-7,9,13,15H,8H2,1-3H3. The van der Waals surface area contributed by atoms with Gasteiger partial charge in [-0.25, -0.2) is 0 Å². The fourth-order valence-electron chi connectivity index (χ4n) is 1.24. The van der Waals surface area contributed by atoms with Gasteiger partial charge in [-0.05, 0) is 18.2 Å². The first-order chi connectivity index (χ1) is 8.90. The van der Waals surface area contributed by atoms with E-state index in [1.165, 1.54) is 21.2 Å². The van der Waals surface area contributed by atoms with Crippen molar-refractivity contribution in [1.29, 1.82) is 0 Å². The van der Waals surface area contributed by atoms with E-state index in [4.69, 9.17) is 9.84 Å². The molecule has 7 heteroatoms. The van der Waals surface area contributed by atoms with Crippen LogP contribution in [0.3, 0.4) is 0 Å². The summed E-state index contributed by atoms with van der Waals surface area (Å²) in [5, 5.41) is 8.64. The average Bonchev–Trinajstić information content (AvgIpc) is 2.36. The first kappa shape index (κ1) is 15.3. The molecule has 6 nitrogen and oxygen atoms in total. The maximum absolute atomic E-state index is 11.8. The summed E-state index contributed by atoms with van der Waals surface area (Å²) >= 11 is 0. The number of ether oxygens (including phenoxy) is 1. The summed E-state index contributed by atoms with van der Waals surface area (Å²) in [6.07, 6.45) is 0. The molecule has 104 valence electrons. The Morgan fingerprint density at radius 2 is 2.11 bits per heavy atom. The zero-order valence-corrected chi connectivity index (χ0v) is 11.8. The SMILES string of the molecule is COc1ccc(C#CCO)cc1NS(=O)(=O)N(C)C. The number of nitrogens with one attached hydrogen (secondary N) is 1. The Morgan fingerprint density at radius 1 is 1.42 bits per heavy atom. The van der Waals surface area contributed by atoms with E-state index in [1.54, 1.807) is 18.2 Å². The predicted molar refractivity (Wildman–Crippen MR) is 73.2 cm³/mol. The molecule has 0 aliphatic heterocycles. The van der Waals surface area contributed by atoms with E-state index in [-0.39, 0.29) is 6.61 Å². The molecule has 0 amide bonds. The average molecular weight is 284 g/mol. The lowest BCUT2D eigenvalue weighted by molar-refractivity contribution is 0.350. The number of nitrogens with zero attached hydrogens (tertiary/aromatic N) is 1. The minimum absolute atomic E-state index is 0.259. The number of anilines is 1. The maximum Gasteiger partial charge on any atom is 0.301 e. The number of aliphatic hydroxyl groups is 1. The summed E-state index contributed by atoms with van der Waals surface area (Å²) in [5.74, 6) is 5.58. The summed E-state index contributed by atoms with van der Waals surface area (Å²) in [7, 11) is 0.673. The second-order valence-corrected chi connectivity index (χ2v) is 5.65. The van der Waals surface area contributed by atoms with Crippen LogP contribution in [0, 0.1) is 11.8 Å². The van der Waals surface area contributed by atoms with Crippen LogP contribution in [0.25, 0.3) is 0 Å². The maximum atomic E-state index is 11.8. The van der Waals surface area contributed by atoms with Crippen molar-refractivity contribution in [3.05, 3.63) is 23.8 Å². The molecule has 0 saturated carbocycles. The normalized spacial score (nSPS) is 10.8. The minimum Gasteiger partial charge on any atom is -0.495 e. The molecule has 0 saturated heterocycles. The summed E-state index contributed by atoms with van der Waals surface area (Å²) in [6, 6.07) is 4.83. The highest BCUT2D eigenvalue weighted by molar-refractivity contribution is 7.90. The number of methoxy groups -OCH3 is 1. The number of hydrogen-bond acceptors (Lipinski definition) is 4. The third-order valence-electron chi connectivity index (χ3n) is 2.23. The van der Waals surface area contributed by atoms with Crippen LogP contribution >= 0.6 is 0 Å². The van der Waals surface area contributed by atoms with E-state index >= 15 is 0 Å². The second-order valence-electron chi connectivity index (χ2n) is 3.76. The van der Waals surface area contributed by atoms with Gasteiger partial charge in [-0.1, -0.05) is 11.8 Å². The lowest BCUT2D eigenvalue weighted by Crippen LogP contribution is -2.29. The smallest absolute Gasteiger partial charge is 0.301 e. The number of hydrogen-bond donors (Lipinski definition) is 2. The molecule has 2 N–H and O–H groups in total. The molecule has 1 aromatic carbocycles. The van der Waals surface area contributed by atoms with Gasteiger partial charge in [0.25, 0.3) is 0 Å². The summed E-state index contributed by atoms with van der Waals surface area (Å²) in [4.78, 5) is 0. The molecule has 19 heavy (non-hydrogen) atoms. The van der Waals surface area contributed by atoms with Crippen molar-refractivity contribution < 1.29 is 18.3 Å². The van der Waals surface area contributed by atoms with Crippen LogP contribution in [0.15, 0.2) is 18.2 Å². The van der Waals surface area contributed by atoms with E-state index in [0.29, 0.717) is 17.0 Å². The van der Waals surface area contributed by atoms with E-state index in [0.717, 1.165) is 4.31 Å². The van der Waals surface area contributed by atoms with Crippen molar-refractivity contribution in [2.75, 3.05) is 32.5 Å². The molecule has 0 aliphatic carbocycles. The Hall–Kier alpha value is -1.75. The van der Waals surface area contributed by atoms with Gasteiger partial charge < -0.3 is 9.84 Å². The van der Waals surface area contributed by atoms with Crippen molar-refractivity contribution in [2.45, 2.75) is 0 Å². The summed E-state index contributed by atoms with van der Waals surface area (Å²) in [5.41, 5.74) is 0.868. The van der Waals surface area contributed by atoms with Crippen LogP contribution in [-0.2, 0) is 10.2 Å². The van der Waals surface area contributed by atoms with E-state index in [2.05, 4.69) is 16.6 Å². The van der Waals surface area contributed by atoms with Crippen molar-refractivity contribution in [3.8, 4) is 17.6 Å². The van der Waals surface area contributed by atoms with Gasteiger partial charge >= 0.3 is 10.2 Å². The van der Waals surface area contributed by atoms with Gasteiger partial charge in [-0.15, -0.1) is 0 Å². The van der Waals surface area contributed by atoms with Gasteiger partial charge in [0.05, 0.1) is 12.8 Å². The molecule has 0 atom stereocenters. The van der Waals surface area contributed by atoms with E-state index < -0.39 is 10.2 Å². The molecule has 0 unspecified atom stereocenters. The Balaban J connectivity index is 3.17. The zero-order valence-electron chi connectivity index (χ0n) is 11.0. The van der Waals surface area contributed by atoms with Gasteiger partial charge in [-0.2, -0.15) is 12.7 Å². The number of aliphatic hydroxyl groups excluding tert-OH is 1. The van der Waals surface area contributed by atoms with Crippen LogP contribution in [-0.4, -0.2) is 45.6 Å². The van der Waals surface area contributed by atoms with Gasteiger partial charge in [-0.3, -0.25) is 4.72 Å². The molecule has 1 aromatic rings. The van der Waals surface area contributed by atoms with Crippen molar-refractivity contribution in [1.82, 2.24) is 4.31 Å². The molecular formula is C12H16N2O4S. The summed E-state index contributed by atoms with van der Waals surface area (Å²) in [6.45, 7) is -0.259. The van der Waals surface area contributed by atoms with Crippen molar-refractivity contribution in [2.24, 2.45) is 0 Å². The lowest BCUT2D eigenvalue weighted by atomic mass is 10.2. The Labute approximate surface area is 113 Å². The molecular weight excluding hydrogens is 268 g/mol. The fourth-order valence-corrected chi connectivity index (χ4v) is 1.86. The molecule has 0 radical (unpaired) electrons. The third kappa shape index (κ3) is 4.13. The van der Waals surface area contributed by atoms with Crippen LogP contribution in [0.5, 0.6) is 5.75 Å². The minimum atomic E-state index is -3.62. The van der Waals surface area contributed by atoms with Crippen molar-refractivity contribution >= 4 is 15.9 Å². The van der Waals surface area contributed by atoms with E-state index in [9.17, 15) is 8.42 Å². The van der Waals surface area contributed by atoms with E-state index in [1.807, 2.05) is 0 Å². The van der Waals surface area contributed by atoms with Crippen molar-refractivity contribution in [3.63, 3.8) is 0 Å². The largest absolute Gasteiger partial charge is 0.495 e.